The van der Waals surface area contributed by atoms with Gasteiger partial charge in [0.25, 0.3) is 0 Å². The maximum Gasteiger partial charge on any atom is 0.149 e. The molecule has 5 atom stereocenters. The fraction of sp³-hybridized carbons (Fsp3) is 0.533. The second-order valence-electron chi connectivity index (χ2n) is 30.2. The van der Waals surface area contributed by atoms with Gasteiger partial charge in [0.2, 0.25) is 0 Å². The van der Waals surface area contributed by atoms with E-state index in [4.69, 9.17) is 58.0 Å². The Bertz CT molecular complexity index is 4260. The molecule has 96 heavy (non-hydrogen) atoms. The first-order valence-corrected chi connectivity index (χ1v) is 36.4. The first kappa shape index (κ1) is 71.9. The normalized spacial score (nSPS) is 19.2. The summed E-state index contributed by atoms with van der Waals surface area (Å²) in [5.74, 6) is 0.872. The maximum atomic E-state index is 14.6. The van der Waals surface area contributed by atoms with Gasteiger partial charge in [0, 0.05) is 70.2 Å². The Hall–Kier alpha value is -5.37. The quantitative estimate of drug-likeness (QED) is 0.0554. The van der Waals surface area contributed by atoms with Gasteiger partial charge in [-0.25, -0.2) is 4.39 Å². The standard InChI is InChI=1S/C18H26N2O.C17H20ClFN2O.C15H19ClN2O.C13H17ClN2O.C12H12Cl2N2O/c1-12-9-10-13-11-19-20-16(13)15(12)17(21)18(2,3)14-7-5-4-6-8-14;18-12-8-10-9-20-21-15(10)13(14(12)19)16(22)17(6-7-17)11-4-2-1-3-5-11;1-15(5-3-2-4-6-15)14(19)12-8-11(16)7-10-9-17-18-13(10)12;1-13(2,3)6-11(17)10-5-9(14)4-8-7-15-16-12(8)10;13-8-4-7-5-15-16-11(7)9(10(8)14)12(17)6-2-1-3-6/h9-11,14,17,21H,4-8H2,1-3H3,(H,19,20);8-9,11,16,22H,1-7H2,(H,20,21);7-9,14,19H,2-6H2,1H3,(H,17,18);4-5,7,11,17H,6H2,1-3H3,(H,15,16);4-6,12,17H,1-3H2,(H,15,16). The van der Waals surface area contributed by atoms with Gasteiger partial charge in [-0.1, -0.05) is 176 Å². The minimum Gasteiger partial charge on any atom is -0.388 e. The number of aromatic amines is 5. The molecular weight excluding hydrogens is 1320 g/mol. The summed E-state index contributed by atoms with van der Waals surface area (Å²) in [4.78, 5) is 0. The average Bonchev–Trinajstić information content (AvgIpc) is 1.60. The van der Waals surface area contributed by atoms with Gasteiger partial charge in [-0.15, -0.1) is 0 Å². The Morgan fingerprint density at radius 2 is 0.979 bits per heavy atom. The van der Waals surface area contributed by atoms with Crippen molar-refractivity contribution in [2.24, 2.45) is 39.4 Å². The van der Waals surface area contributed by atoms with E-state index in [1.165, 1.54) is 77.0 Å². The number of rotatable bonds is 12. The lowest BCUT2D eigenvalue weighted by Crippen LogP contribution is -2.33. The topological polar surface area (TPSA) is 245 Å². The minimum atomic E-state index is -0.808. The fourth-order valence-electron chi connectivity index (χ4n) is 15.9. The van der Waals surface area contributed by atoms with E-state index >= 15 is 0 Å². The number of hydrogen-bond acceptors (Lipinski definition) is 10. The number of halogens is 6. The number of aryl methyl sites for hydroxylation is 1. The highest BCUT2D eigenvalue weighted by Gasteiger charge is 2.56. The Morgan fingerprint density at radius 3 is 1.51 bits per heavy atom. The molecule has 0 radical (unpaired) electrons. The van der Waals surface area contributed by atoms with Crippen molar-refractivity contribution in [3.05, 3.63) is 144 Å². The second-order valence-corrected chi connectivity index (χ2v) is 32.3. The zero-order valence-electron chi connectivity index (χ0n) is 56.2. The molecule has 5 saturated carbocycles. The lowest BCUT2D eigenvalue weighted by atomic mass is 9.66. The van der Waals surface area contributed by atoms with Crippen molar-refractivity contribution in [1.82, 2.24) is 51.0 Å². The zero-order chi connectivity index (χ0) is 68.4. The average molecular weight is 1410 g/mol. The van der Waals surface area contributed by atoms with E-state index in [-0.39, 0.29) is 32.6 Å². The van der Waals surface area contributed by atoms with Crippen LogP contribution in [0.15, 0.2) is 79.5 Å². The van der Waals surface area contributed by atoms with Crippen LogP contribution in [0.1, 0.15) is 240 Å². The highest BCUT2D eigenvalue weighted by atomic mass is 35.5. The van der Waals surface area contributed by atoms with Crippen LogP contribution >= 0.6 is 58.0 Å². The molecule has 5 fully saturated rings. The van der Waals surface area contributed by atoms with Gasteiger partial charge in [-0.2, -0.15) is 25.5 Å². The molecule has 0 saturated heterocycles. The molecule has 0 bridgehead atoms. The number of aliphatic hydroxyl groups excluding tert-OH is 5. The monoisotopic (exact) mass is 1410 g/mol. The van der Waals surface area contributed by atoms with Crippen LogP contribution in [-0.2, 0) is 0 Å². The van der Waals surface area contributed by atoms with Crippen molar-refractivity contribution in [1.29, 1.82) is 0 Å². The van der Waals surface area contributed by atoms with Crippen LogP contribution in [0.25, 0.3) is 54.5 Å². The van der Waals surface area contributed by atoms with E-state index in [2.05, 4.69) is 112 Å². The largest absolute Gasteiger partial charge is 0.388 e. The highest BCUT2D eigenvalue weighted by molar-refractivity contribution is 6.43. The summed E-state index contributed by atoms with van der Waals surface area (Å²) in [7, 11) is 0. The number of aliphatic hydroxyl groups is 5. The second kappa shape index (κ2) is 30.2. The third-order valence-electron chi connectivity index (χ3n) is 22.0. The smallest absolute Gasteiger partial charge is 0.149 e. The predicted molar refractivity (Wildman–Crippen MR) is 386 cm³/mol. The molecule has 0 aliphatic heterocycles. The van der Waals surface area contributed by atoms with E-state index in [1.807, 2.05) is 24.4 Å². The molecular formula is C75H94Cl5FN10O5. The summed E-state index contributed by atoms with van der Waals surface area (Å²) in [6.07, 6.45) is 29.9. The first-order chi connectivity index (χ1) is 45.8. The summed E-state index contributed by atoms with van der Waals surface area (Å²) in [5, 5.41) is 95.4. The molecule has 10 N–H and O–H groups in total. The number of benzene rings is 5. The van der Waals surface area contributed by atoms with Gasteiger partial charge in [0.1, 0.15) is 5.82 Å². The van der Waals surface area contributed by atoms with Crippen molar-refractivity contribution >= 4 is 113 Å². The Labute approximate surface area is 586 Å². The molecule has 15 nitrogen and oxygen atoms in total. The van der Waals surface area contributed by atoms with Crippen LogP contribution in [0.4, 0.5) is 4.39 Å². The van der Waals surface area contributed by atoms with Crippen LogP contribution in [0, 0.1) is 52.2 Å². The number of nitrogens with zero attached hydrogens (tertiary/aromatic N) is 5. The Kier molecular flexibility index (Phi) is 22.6. The summed E-state index contributed by atoms with van der Waals surface area (Å²) in [5.41, 5.74) is 8.74. The molecule has 0 amide bonds. The van der Waals surface area contributed by atoms with Gasteiger partial charge in [-0.3, -0.25) is 25.5 Å². The Balaban J connectivity index is 0.000000122. The van der Waals surface area contributed by atoms with Gasteiger partial charge >= 0.3 is 0 Å². The molecule has 5 aliphatic carbocycles. The predicted octanol–water partition coefficient (Wildman–Crippen LogP) is 20.9. The van der Waals surface area contributed by atoms with Crippen LogP contribution in [0.5, 0.6) is 0 Å². The van der Waals surface area contributed by atoms with Crippen molar-refractivity contribution in [2.75, 3.05) is 0 Å². The van der Waals surface area contributed by atoms with Crippen molar-refractivity contribution in [2.45, 2.75) is 214 Å². The van der Waals surface area contributed by atoms with E-state index in [1.54, 1.807) is 43.0 Å². The van der Waals surface area contributed by atoms with Crippen LogP contribution < -0.4 is 0 Å². The third kappa shape index (κ3) is 15.5. The number of nitrogens with one attached hydrogen (secondary N) is 5. The van der Waals surface area contributed by atoms with Gasteiger partial charge < -0.3 is 25.5 Å². The van der Waals surface area contributed by atoms with Gasteiger partial charge in [0.05, 0.1) is 104 Å². The number of hydrogen-bond donors (Lipinski definition) is 10. The number of H-pyrrole nitrogens is 5. The molecule has 5 aromatic heterocycles. The lowest BCUT2D eigenvalue weighted by molar-refractivity contribution is -0.00817. The molecule has 5 aromatic carbocycles. The Morgan fingerprint density at radius 1 is 0.510 bits per heavy atom. The minimum absolute atomic E-state index is 0.0546. The van der Waals surface area contributed by atoms with E-state index in [0.717, 1.165) is 123 Å². The fourth-order valence-corrected chi connectivity index (χ4v) is 17.0. The van der Waals surface area contributed by atoms with Crippen molar-refractivity contribution in [3.63, 3.8) is 0 Å². The van der Waals surface area contributed by atoms with Crippen molar-refractivity contribution in [3.8, 4) is 0 Å². The van der Waals surface area contributed by atoms with Gasteiger partial charge in [0.15, 0.2) is 0 Å². The van der Waals surface area contributed by atoms with E-state index < -0.39 is 36.3 Å². The highest BCUT2D eigenvalue weighted by Crippen LogP contribution is 2.64. The third-order valence-corrected chi connectivity index (χ3v) is 23.5. The summed E-state index contributed by atoms with van der Waals surface area (Å²) in [6.45, 7) is 15.0. The molecule has 5 aliphatic rings. The maximum absolute atomic E-state index is 14.6. The van der Waals surface area contributed by atoms with E-state index in [0.29, 0.717) is 55.0 Å². The molecule has 10 aromatic rings. The van der Waals surface area contributed by atoms with Crippen LogP contribution in [0.2, 0.25) is 25.1 Å². The molecule has 15 rings (SSSR count). The molecule has 5 heterocycles. The summed E-state index contributed by atoms with van der Waals surface area (Å²) >= 11 is 30.5. The number of fused-ring (bicyclic) bond motifs is 5. The zero-order valence-corrected chi connectivity index (χ0v) is 60.0. The molecule has 5 unspecified atom stereocenters. The van der Waals surface area contributed by atoms with Gasteiger partial charge in [-0.05, 0) is 154 Å². The molecule has 21 heteroatoms. The summed E-state index contributed by atoms with van der Waals surface area (Å²) in [6, 6.07) is 14.9. The van der Waals surface area contributed by atoms with Crippen molar-refractivity contribution < 1.29 is 29.9 Å². The SMILES string of the molecule is CC(C)(C)CC(O)c1cc(Cl)cc2cn[nH]c12.CC1(C(O)c2cc(Cl)cc3cn[nH]c23)CCCCC1.Cc1ccc2cn[nH]c2c1C(O)C(C)(C)C1CCCCC1.OC(c1c(Cl)c(Cl)cc2cn[nH]c12)C1CCC1.OC(c1c(F)c(Cl)cc2cn[nH]c12)C1(C2CCCCC2)CC1. The van der Waals surface area contributed by atoms with E-state index in [9.17, 15) is 29.9 Å². The molecule has 0 spiro atoms. The first-order valence-electron chi connectivity index (χ1n) is 34.5. The lowest BCUT2D eigenvalue weighted by Gasteiger charge is -2.41. The van der Waals surface area contributed by atoms with Crippen LogP contribution in [0.3, 0.4) is 0 Å². The van der Waals surface area contributed by atoms with Crippen LogP contribution in [-0.4, -0.2) is 76.5 Å². The summed E-state index contributed by atoms with van der Waals surface area (Å²) < 4.78 is 14.6. The number of aromatic nitrogens is 10. The molecule has 516 valence electrons.